The summed E-state index contributed by atoms with van der Waals surface area (Å²) >= 11 is 3.22. The molecule has 0 spiro atoms. The molecule has 0 aliphatic carbocycles. The van der Waals surface area contributed by atoms with Crippen LogP contribution in [0.4, 0.5) is 0 Å². The summed E-state index contributed by atoms with van der Waals surface area (Å²) in [5.41, 5.74) is 0.652. The number of aromatic amines is 1. The number of H-pyrrole nitrogens is 1. The molecule has 1 aromatic rings. The van der Waals surface area contributed by atoms with Crippen molar-refractivity contribution < 1.29 is 4.74 Å². The van der Waals surface area contributed by atoms with Crippen LogP contribution >= 0.6 is 15.9 Å². The molecule has 0 saturated heterocycles. The van der Waals surface area contributed by atoms with E-state index in [0.717, 1.165) is 18.5 Å². The van der Waals surface area contributed by atoms with E-state index in [1.54, 1.807) is 7.11 Å². The Labute approximate surface area is 90.8 Å². The molecular weight excluding hydrogens is 248 g/mol. The van der Waals surface area contributed by atoms with Gasteiger partial charge in [-0.15, -0.1) is 0 Å². The molecule has 0 amide bonds. The van der Waals surface area contributed by atoms with Gasteiger partial charge in [0, 0.05) is 7.11 Å². The minimum absolute atomic E-state index is 0.143. The van der Waals surface area contributed by atoms with Gasteiger partial charge in [0.05, 0.1) is 5.69 Å². The summed E-state index contributed by atoms with van der Waals surface area (Å²) < 4.78 is 5.43. The number of aryl methyl sites for hydroxylation is 1. The van der Waals surface area contributed by atoms with E-state index in [-0.39, 0.29) is 5.56 Å². The summed E-state index contributed by atoms with van der Waals surface area (Å²) in [7, 11) is 1.57. The third-order valence-corrected chi connectivity index (χ3v) is 2.57. The smallest absolute Gasteiger partial charge is 0.265 e. The second-order valence-corrected chi connectivity index (χ2v) is 3.75. The maximum Gasteiger partial charge on any atom is 0.265 e. The van der Waals surface area contributed by atoms with Crippen LogP contribution in [0.5, 0.6) is 0 Å². The van der Waals surface area contributed by atoms with Crippen LogP contribution in [-0.4, -0.2) is 17.1 Å². The molecule has 14 heavy (non-hydrogen) atoms. The monoisotopic (exact) mass is 260 g/mol. The zero-order valence-electron chi connectivity index (χ0n) is 8.26. The van der Waals surface area contributed by atoms with Crippen molar-refractivity contribution in [3.63, 3.8) is 0 Å². The van der Waals surface area contributed by atoms with Crippen LogP contribution in [0.1, 0.15) is 24.9 Å². The molecule has 0 saturated carbocycles. The van der Waals surface area contributed by atoms with Gasteiger partial charge in [0.25, 0.3) is 5.56 Å². The minimum Gasteiger partial charge on any atom is -0.377 e. The van der Waals surface area contributed by atoms with Gasteiger partial charge < -0.3 is 9.72 Å². The Morgan fingerprint density at radius 1 is 1.57 bits per heavy atom. The third-order valence-electron chi connectivity index (χ3n) is 1.75. The molecule has 0 atom stereocenters. The Hall–Kier alpha value is -0.680. The molecule has 5 heteroatoms. The fourth-order valence-electron chi connectivity index (χ4n) is 1.16. The number of rotatable bonds is 4. The number of halogens is 1. The first-order valence-electron chi connectivity index (χ1n) is 4.45. The van der Waals surface area contributed by atoms with E-state index in [9.17, 15) is 4.79 Å². The van der Waals surface area contributed by atoms with Gasteiger partial charge in [-0.1, -0.05) is 13.3 Å². The zero-order valence-corrected chi connectivity index (χ0v) is 9.85. The standard InChI is InChI=1S/C9H13BrN2O2/c1-3-4-6-8(10)9(13)12-7(11-6)5-14-2/h3-5H2,1-2H3,(H,11,12,13). The van der Waals surface area contributed by atoms with Crippen molar-refractivity contribution >= 4 is 15.9 Å². The van der Waals surface area contributed by atoms with E-state index in [1.807, 2.05) is 6.92 Å². The fourth-order valence-corrected chi connectivity index (χ4v) is 1.55. The molecule has 1 aromatic heterocycles. The number of methoxy groups -OCH3 is 1. The van der Waals surface area contributed by atoms with Crippen LogP contribution in [0.2, 0.25) is 0 Å². The molecule has 0 radical (unpaired) electrons. The predicted molar refractivity (Wildman–Crippen MR) is 57.3 cm³/mol. The summed E-state index contributed by atoms with van der Waals surface area (Å²) in [5, 5.41) is 0. The molecule has 78 valence electrons. The van der Waals surface area contributed by atoms with E-state index in [4.69, 9.17) is 4.74 Å². The van der Waals surface area contributed by atoms with E-state index >= 15 is 0 Å². The van der Waals surface area contributed by atoms with Crippen molar-refractivity contribution in [1.82, 2.24) is 9.97 Å². The van der Waals surface area contributed by atoms with E-state index in [0.29, 0.717) is 16.9 Å². The average molecular weight is 261 g/mol. The highest BCUT2D eigenvalue weighted by Crippen LogP contribution is 2.10. The summed E-state index contributed by atoms with van der Waals surface area (Å²) in [6.45, 7) is 2.38. The number of hydrogen-bond donors (Lipinski definition) is 1. The van der Waals surface area contributed by atoms with Gasteiger partial charge in [-0.05, 0) is 22.4 Å². The van der Waals surface area contributed by atoms with Crippen LogP contribution in [0.15, 0.2) is 9.27 Å². The molecule has 0 bridgehead atoms. The third kappa shape index (κ3) is 2.65. The first kappa shape index (κ1) is 11.4. The van der Waals surface area contributed by atoms with Crippen molar-refractivity contribution in [2.75, 3.05) is 7.11 Å². The highest BCUT2D eigenvalue weighted by molar-refractivity contribution is 9.10. The van der Waals surface area contributed by atoms with Crippen LogP contribution in [0, 0.1) is 0 Å². The van der Waals surface area contributed by atoms with Gasteiger partial charge >= 0.3 is 0 Å². The second-order valence-electron chi connectivity index (χ2n) is 2.96. The Morgan fingerprint density at radius 3 is 2.86 bits per heavy atom. The van der Waals surface area contributed by atoms with Crippen molar-refractivity contribution in [3.05, 3.63) is 26.3 Å². The Bertz CT molecular complexity index is 362. The van der Waals surface area contributed by atoms with E-state index in [2.05, 4.69) is 25.9 Å². The molecule has 0 fully saturated rings. The van der Waals surface area contributed by atoms with Gasteiger partial charge in [0.2, 0.25) is 0 Å². The highest BCUT2D eigenvalue weighted by atomic mass is 79.9. The first-order chi connectivity index (χ1) is 6.69. The minimum atomic E-state index is -0.143. The highest BCUT2D eigenvalue weighted by Gasteiger charge is 2.07. The van der Waals surface area contributed by atoms with Gasteiger partial charge in [-0.3, -0.25) is 4.79 Å². The average Bonchev–Trinajstić information content (AvgIpc) is 2.14. The summed E-state index contributed by atoms with van der Waals surface area (Å²) in [4.78, 5) is 18.3. The summed E-state index contributed by atoms with van der Waals surface area (Å²) in [6, 6.07) is 0. The molecule has 1 rings (SSSR count). The molecule has 0 aliphatic heterocycles. The topological polar surface area (TPSA) is 55.0 Å². The maximum absolute atomic E-state index is 11.4. The lowest BCUT2D eigenvalue weighted by Gasteiger charge is -2.04. The summed E-state index contributed by atoms with van der Waals surface area (Å²) in [5.74, 6) is 0.573. The van der Waals surface area contributed by atoms with Crippen molar-refractivity contribution in [2.45, 2.75) is 26.4 Å². The molecular formula is C9H13BrN2O2. The number of nitrogens with zero attached hydrogens (tertiary/aromatic N) is 1. The molecule has 0 aliphatic rings. The fraction of sp³-hybridized carbons (Fsp3) is 0.556. The molecule has 1 heterocycles. The Kier molecular flexibility index (Phi) is 4.28. The lowest BCUT2D eigenvalue weighted by Crippen LogP contribution is -2.16. The van der Waals surface area contributed by atoms with Gasteiger partial charge in [0.1, 0.15) is 16.9 Å². The Balaban J connectivity index is 3.07. The molecule has 4 nitrogen and oxygen atoms in total. The van der Waals surface area contributed by atoms with Crippen molar-refractivity contribution in [3.8, 4) is 0 Å². The summed E-state index contributed by atoms with van der Waals surface area (Å²) in [6.07, 6.45) is 1.75. The first-order valence-corrected chi connectivity index (χ1v) is 5.24. The van der Waals surface area contributed by atoms with Gasteiger partial charge in [-0.25, -0.2) is 4.98 Å². The number of ether oxygens (including phenoxy) is 1. The van der Waals surface area contributed by atoms with Gasteiger partial charge in [0.15, 0.2) is 0 Å². The molecule has 1 N–H and O–H groups in total. The predicted octanol–water partition coefficient (Wildman–Crippen LogP) is 1.63. The largest absolute Gasteiger partial charge is 0.377 e. The lowest BCUT2D eigenvalue weighted by atomic mass is 10.2. The van der Waals surface area contributed by atoms with Crippen LogP contribution in [-0.2, 0) is 17.8 Å². The van der Waals surface area contributed by atoms with Crippen molar-refractivity contribution in [2.24, 2.45) is 0 Å². The van der Waals surface area contributed by atoms with E-state index in [1.165, 1.54) is 0 Å². The lowest BCUT2D eigenvalue weighted by molar-refractivity contribution is 0.177. The van der Waals surface area contributed by atoms with Gasteiger partial charge in [-0.2, -0.15) is 0 Å². The van der Waals surface area contributed by atoms with Crippen LogP contribution < -0.4 is 5.56 Å². The number of nitrogens with one attached hydrogen (secondary N) is 1. The second kappa shape index (κ2) is 5.26. The normalized spacial score (nSPS) is 10.5. The SMILES string of the molecule is CCCc1nc(COC)[nH]c(=O)c1Br. The molecule has 0 aromatic carbocycles. The zero-order chi connectivity index (χ0) is 10.6. The van der Waals surface area contributed by atoms with Crippen LogP contribution in [0.25, 0.3) is 0 Å². The Morgan fingerprint density at radius 2 is 2.29 bits per heavy atom. The quantitative estimate of drug-likeness (QED) is 0.896. The van der Waals surface area contributed by atoms with Crippen LogP contribution in [0.3, 0.4) is 0 Å². The van der Waals surface area contributed by atoms with E-state index < -0.39 is 0 Å². The number of aromatic nitrogens is 2. The maximum atomic E-state index is 11.4. The molecule has 0 unspecified atom stereocenters. The number of hydrogen-bond acceptors (Lipinski definition) is 3. The van der Waals surface area contributed by atoms with Crippen molar-refractivity contribution in [1.29, 1.82) is 0 Å².